The van der Waals surface area contributed by atoms with E-state index in [9.17, 15) is 0 Å². The molecule has 0 saturated heterocycles. The van der Waals surface area contributed by atoms with Crippen molar-refractivity contribution in [3.05, 3.63) is 85.0 Å². The minimum atomic E-state index is 0.518. The molecule has 220 valence electrons. The van der Waals surface area contributed by atoms with Gasteiger partial charge < -0.3 is 10.6 Å². The van der Waals surface area contributed by atoms with Crippen LogP contribution in [-0.4, -0.2) is 29.9 Å². The van der Waals surface area contributed by atoms with E-state index in [0.29, 0.717) is 11.9 Å². The van der Waals surface area contributed by atoms with Gasteiger partial charge in [0.05, 0.1) is 0 Å². The molecule has 0 spiro atoms. The van der Waals surface area contributed by atoms with E-state index in [1.165, 1.54) is 25.3 Å². The third-order valence-corrected chi connectivity index (χ3v) is 3.79. The fourth-order valence-electron chi connectivity index (χ4n) is 2.41. The minimum Gasteiger partial charge on any atom is -0.324 e. The molecule has 2 N–H and O–H groups in total. The van der Waals surface area contributed by atoms with Crippen LogP contribution in [0, 0.1) is 0 Å². The summed E-state index contributed by atoms with van der Waals surface area (Å²) in [6.45, 7) is 24.0. The molecule has 40 heavy (non-hydrogen) atoms. The molecule has 8 heteroatoms. The number of hydrogen-bond acceptors (Lipinski definition) is 8. The molecule has 2 heterocycles. The van der Waals surface area contributed by atoms with E-state index in [1.54, 1.807) is 0 Å². The van der Waals surface area contributed by atoms with Crippen molar-refractivity contribution in [2.75, 3.05) is 10.6 Å². The average Bonchev–Trinajstić information content (AvgIpc) is 3.08. The van der Waals surface area contributed by atoms with Crippen LogP contribution in [-0.2, 0) is 0 Å². The van der Waals surface area contributed by atoms with Gasteiger partial charge in [0.1, 0.15) is 25.3 Å². The standard InChI is InChI=1S/C20H16N8.6C2H6/c1(15-3-7-17(8-4-15)27-19-23-11-21-12-24-19)2-16-5-9-18(10-6-16)28-20-25-13-22-14-26-20;6*1-2/h1-14H,(H,21,23,24,27)(H,22,25,26,28);6*1-2H3. The highest BCUT2D eigenvalue weighted by Gasteiger charge is 1.98. The molecule has 4 rings (SSSR count). The number of benzene rings is 2. The Morgan fingerprint density at radius 2 is 0.650 bits per heavy atom. The number of nitrogens with one attached hydrogen (secondary N) is 2. The summed E-state index contributed by atoms with van der Waals surface area (Å²) in [6, 6.07) is 16.0. The number of rotatable bonds is 6. The molecule has 8 nitrogen and oxygen atoms in total. The first-order chi connectivity index (χ1) is 19.8. The Morgan fingerprint density at radius 1 is 0.400 bits per heavy atom. The fraction of sp³-hybridized carbons (Fsp3) is 0.375. The maximum absolute atomic E-state index is 4.04. The Hall–Kier alpha value is -4.20. The number of anilines is 4. The maximum atomic E-state index is 4.04. The zero-order chi connectivity index (χ0) is 31.0. The fourth-order valence-corrected chi connectivity index (χ4v) is 2.41. The van der Waals surface area contributed by atoms with Crippen molar-refractivity contribution in [3.8, 4) is 0 Å². The molecular formula is C32H52N8. The lowest BCUT2D eigenvalue weighted by molar-refractivity contribution is 1.05. The van der Waals surface area contributed by atoms with Crippen LogP contribution in [0.15, 0.2) is 73.8 Å². The summed E-state index contributed by atoms with van der Waals surface area (Å²) in [7, 11) is 0. The summed E-state index contributed by atoms with van der Waals surface area (Å²) in [5.41, 5.74) is 4.01. The molecule has 0 unspecified atom stereocenters. The van der Waals surface area contributed by atoms with Crippen molar-refractivity contribution >= 4 is 35.4 Å². The molecule has 0 bridgehead atoms. The van der Waals surface area contributed by atoms with Gasteiger partial charge in [-0.2, -0.15) is 0 Å². The van der Waals surface area contributed by atoms with Crippen molar-refractivity contribution in [1.29, 1.82) is 0 Å². The van der Waals surface area contributed by atoms with E-state index in [1.807, 2.05) is 132 Å². The highest BCUT2D eigenvalue weighted by atomic mass is 15.1. The maximum Gasteiger partial charge on any atom is 0.230 e. The second-order valence-electron chi connectivity index (χ2n) is 5.75. The summed E-state index contributed by atoms with van der Waals surface area (Å²) >= 11 is 0. The van der Waals surface area contributed by atoms with Crippen molar-refractivity contribution in [2.24, 2.45) is 0 Å². The Labute approximate surface area is 243 Å². The van der Waals surface area contributed by atoms with Gasteiger partial charge in [0.2, 0.25) is 11.9 Å². The number of nitrogens with zero attached hydrogens (tertiary/aromatic N) is 6. The molecule has 2 aromatic heterocycles. The van der Waals surface area contributed by atoms with Gasteiger partial charge in [-0.05, 0) is 35.4 Å². The molecular weight excluding hydrogens is 496 g/mol. The summed E-state index contributed by atoms with van der Waals surface area (Å²) in [4.78, 5) is 23.8. The first-order valence-electron chi connectivity index (χ1n) is 14.5. The molecule has 0 fully saturated rings. The molecule has 0 amide bonds. The van der Waals surface area contributed by atoms with Gasteiger partial charge in [0.15, 0.2) is 0 Å². The van der Waals surface area contributed by atoms with Crippen molar-refractivity contribution in [2.45, 2.75) is 83.1 Å². The summed E-state index contributed by atoms with van der Waals surface area (Å²) in [6.07, 6.45) is 9.94. The monoisotopic (exact) mass is 548 g/mol. The van der Waals surface area contributed by atoms with Crippen LogP contribution in [0.2, 0.25) is 0 Å². The Balaban J connectivity index is -0.00000101. The second kappa shape index (κ2) is 31.0. The molecule has 0 aliphatic heterocycles. The van der Waals surface area contributed by atoms with Crippen LogP contribution < -0.4 is 10.6 Å². The largest absolute Gasteiger partial charge is 0.324 e. The van der Waals surface area contributed by atoms with Crippen LogP contribution in [0.1, 0.15) is 94.2 Å². The smallest absolute Gasteiger partial charge is 0.230 e. The van der Waals surface area contributed by atoms with Crippen LogP contribution in [0.3, 0.4) is 0 Å². The first kappa shape index (κ1) is 40.3. The summed E-state index contributed by atoms with van der Waals surface area (Å²) in [5.74, 6) is 1.04. The lowest BCUT2D eigenvalue weighted by Crippen LogP contribution is -1.96. The normalized spacial score (nSPS) is 8.40. The van der Waals surface area contributed by atoms with Gasteiger partial charge in [0.25, 0.3) is 0 Å². The number of aromatic nitrogens is 6. The van der Waals surface area contributed by atoms with Gasteiger partial charge in [0, 0.05) is 11.4 Å². The van der Waals surface area contributed by atoms with Crippen LogP contribution in [0.5, 0.6) is 0 Å². The van der Waals surface area contributed by atoms with Gasteiger partial charge >= 0.3 is 0 Å². The lowest BCUT2D eigenvalue weighted by Gasteiger charge is -2.04. The molecule has 0 atom stereocenters. The zero-order valence-corrected chi connectivity index (χ0v) is 26.8. The lowest BCUT2D eigenvalue weighted by atomic mass is 10.1. The van der Waals surface area contributed by atoms with E-state index in [0.717, 1.165) is 22.5 Å². The van der Waals surface area contributed by atoms with Crippen LogP contribution in [0.4, 0.5) is 23.3 Å². The predicted octanol–water partition coefficient (Wildman–Crippen LogP) is 9.87. The molecule has 4 aromatic rings. The van der Waals surface area contributed by atoms with E-state index >= 15 is 0 Å². The van der Waals surface area contributed by atoms with Gasteiger partial charge in [-0.15, -0.1) is 0 Å². The SMILES string of the molecule is C(=Cc1ccc(Nc2ncncn2)cc1)c1ccc(Nc2ncncn2)cc1.CC.CC.CC.CC.CC.CC. The predicted molar refractivity (Wildman–Crippen MR) is 176 cm³/mol. The molecule has 0 radical (unpaired) electrons. The van der Waals surface area contributed by atoms with Gasteiger partial charge in [-0.1, -0.05) is 120 Å². The highest BCUT2D eigenvalue weighted by Crippen LogP contribution is 2.17. The first-order valence-corrected chi connectivity index (χ1v) is 14.5. The molecule has 0 saturated carbocycles. The summed E-state index contributed by atoms with van der Waals surface area (Å²) < 4.78 is 0. The number of hydrogen-bond donors (Lipinski definition) is 2. The Bertz CT molecular complexity index is 951. The molecule has 0 aliphatic carbocycles. The van der Waals surface area contributed by atoms with E-state index in [2.05, 4.69) is 52.7 Å². The van der Waals surface area contributed by atoms with Crippen molar-refractivity contribution in [1.82, 2.24) is 29.9 Å². The van der Waals surface area contributed by atoms with E-state index in [4.69, 9.17) is 0 Å². The third-order valence-electron chi connectivity index (χ3n) is 3.79. The topological polar surface area (TPSA) is 101 Å². The van der Waals surface area contributed by atoms with E-state index in [-0.39, 0.29) is 0 Å². The van der Waals surface area contributed by atoms with Crippen molar-refractivity contribution in [3.63, 3.8) is 0 Å². The van der Waals surface area contributed by atoms with Crippen LogP contribution >= 0.6 is 0 Å². The Kier molecular flexibility index (Phi) is 31.3. The quantitative estimate of drug-likeness (QED) is 0.229. The average molecular weight is 549 g/mol. The third kappa shape index (κ3) is 18.1. The van der Waals surface area contributed by atoms with Crippen LogP contribution in [0.25, 0.3) is 12.2 Å². The minimum absolute atomic E-state index is 0.518. The second-order valence-corrected chi connectivity index (χ2v) is 5.75. The molecule has 0 aliphatic rings. The summed E-state index contributed by atoms with van der Waals surface area (Å²) in [5, 5.41) is 6.25. The van der Waals surface area contributed by atoms with Crippen molar-refractivity contribution < 1.29 is 0 Å². The van der Waals surface area contributed by atoms with Gasteiger partial charge in [-0.25, -0.2) is 29.9 Å². The molecule has 2 aromatic carbocycles. The zero-order valence-electron chi connectivity index (χ0n) is 26.8. The van der Waals surface area contributed by atoms with Gasteiger partial charge in [-0.3, -0.25) is 0 Å². The van der Waals surface area contributed by atoms with E-state index < -0.39 is 0 Å². The Morgan fingerprint density at radius 3 is 0.900 bits per heavy atom. The highest BCUT2D eigenvalue weighted by molar-refractivity contribution is 5.71.